The average Bonchev–Trinajstić information content (AvgIpc) is 3.12. The molecule has 0 amide bonds. The van der Waals surface area contributed by atoms with Crippen LogP contribution in [-0.2, 0) is 6.42 Å². The fraction of sp³-hybridized carbons (Fsp3) is 0.304. The van der Waals surface area contributed by atoms with E-state index in [2.05, 4.69) is 79.4 Å². The molecule has 0 N–H and O–H groups in total. The number of aromatic nitrogens is 1. The first-order valence-corrected chi connectivity index (χ1v) is 10.2. The van der Waals surface area contributed by atoms with Gasteiger partial charge in [0.25, 0.3) is 0 Å². The second-order valence-corrected chi connectivity index (χ2v) is 7.99. The van der Waals surface area contributed by atoms with Gasteiger partial charge in [-0.25, -0.2) is 9.98 Å². The highest BCUT2D eigenvalue weighted by atomic mass is 32.1. The Morgan fingerprint density at radius 2 is 1.81 bits per heavy atom. The summed E-state index contributed by atoms with van der Waals surface area (Å²) in [6, 6.07) is 13.0. The van der Waals surface area contributed by atoms with Crippen LogP contribution in [0.1, 0.15) is 34.2 Å². The molecule has 0 saturated carbocycles. The zero-order chi connectivity index (χ0) is 19.4. The van der Waals surface area contributed by atoms with Crippen molar-refractivity contribution >= 4 is 23.4 Å². The Morgan fingerprint density at radius 3 is 2.52 bits per heavy atom. The summed E-state index contributed by atoms with van der Waals surface area (Å²) in [5, 5.41) is 3.30. The van der Waals surface area contributed by atoms with Crippen molar-refractivity contribution in [3.63, 3.8) is 0 Å². The van der Waals surface area contributed by atoms with Gasteiger partial charge in [-0.05, 0) is 50.5 Å². The van der Waals surface area contributed by atoms with Crippen molar-refractivity contribution < 1.29 is 0 Å². The lowest BCUT2D eigenvalue weighted by Crippen LogP contribution is -2.14. The zero-order valence-corrected chi connectivity index (χ0v) is 17.6. The summed E-state index contributed by atoms with van der Waals surface area (Å²) in [7, 11) is 2.04. The van der Waals surface area contributed by atoms with Crippen molar-refractivity contribution in [3.8, 4) is 11.3 Å². The Kier molecular flexibility index (Phi) is 6.07. The predicted molar refractivity (Wildman–Crippen MR) is 117 cm³/mol. The summed E-state index contributed by atoms with van der Waals surface area (Å²) >= 11 is 1.73. The molecule has 0 aliphatic carbocycles. The minimum Gasteiger partial charge on any atom is -0.366 e. The van der Waals surface area contributed by atoms with E-state index in [0.29, 0.717) is 0 Å². The van der Waals surface area contributed by atoms with E-state index >= 15 is 0 Å². The van der Waals surface area contributed by atoms with Gasteiger partial charge < -0.3 is 4.90 Å². The maximum Gasteiger partial charge on any atom is 0.0976 e. The zero-order valence-electron chi connectivity index (χ0n) is 16.8. The molecular formula is C23H27N3S. The second kappa shape index (κ2) is 8.49. The maximum atomic E-state index is 4.85. The molecule has 0 bridgehead atoms. The number of aliphatic imine (C=N–C) groups is 1. The molecule has 0 saturated heterocycles. The molecule has 27 heavy (non-hydrogen) atoms. The van der Waals surface area contributed by atoms with E-state index in [4.69, 9.17) is 4.98 Å². The average molecular weight is 378 g/mol. The van der Waals surface area contributed by atoms with Crippen LogP contribution in [0.15, 0.2) is 46.8 Å². The molecule has 3 aromatic rings. The molecule has 0 unspecified atom stereocenters. The van der Waals surface area contributed by atoms with Gasteiger partial charge in [-0.3, -0.25) is 0 Å². The Balaban J connectivity index is 1.79. The van der Waals surface area contributed by atoms with Crippen molar-refractivity contribution in [2.45, 2.75) is 34.1 Å². The number of thiazole rings is 1. The van der Waals surface area contributed by atoms with Crippen molar-refractivity contribution in [1.82, 2.24) is 9.88 Å². The summed E-state index contributed by atoms with van der Waals surface area (Å²) < 4.78 is 0. The van der Waals surface area contributed by atoms with Gasteiger partial charge in [0.05, 0.1) is 22.7 Å². The van der Waals surface area contributed by atoms with Crippen LogP contribution in [-0.4, -0.2) is 29.8 Å². The number of hydrogen-bond donors (Lipinski definition) is 0. The van der Waals surface area contributed by atoms with Gasteiger partial charge in [0.1, 0.15) is 0 Å². The smallest absolute Gasteiger partial charge is 0.0976 e. The summed E-state index contributed by atoms with van der Waals surface area (Å²) in [5.41, 5.74) is 8.34. The van der Waals surface area contributed by atoms with Gasteiger partial charge in [-0.1, -0.05) is 35.9 Å². The van der Waals surface area contributed by atoms with E-state index in [0.717, 1.165) is 29.4 Å². The van der Waals surface area contributed by atoms with E-state index in [9.17, 15) is 0 Å². The highest BCUT2D eigenvalue weighted by molar-refractivity contribution is 7.10. The molecule has 0 radical (unpaired) electrons. The number of nitrogens with zero attached hydrogens (tertiary/aromatic N) is 3. The van der Waals surface area contributed by atoms with Crippen molar-refractivity contribution in [1.29, 1.82) is 0 Å². The third kappa shape index (κ3) is 4.83. The number of rotatable bonds is 6. The maximum absolute atomic E-state index is 4.85. The van der Waals surface area contributed by atoms with Crippen LogP contribution in [0.2, 0.25) is 0 Å². The molecule has 0 aliphatic rings. The SMILES string of the molecule is CCN(C)/C=N\c1cc(C)c(Cc2nc(-c3ccc(C)cc3)cs2)cc1C. The largest absolute Gasteiger partial charge is 0.366 e. The van der Waals surface area contributed by atoms with Gasteiger partial charge in [0, 0.05) is 31.0 Å². The number of aryl methyl sites for hydroxylation is 3. The number of benzene rings is 2. The third-order valence-electron chi connectivity index (χ3n) is 4.79. The van der Waals surface area contributed by atoms with E-state index in [1.54, 1.807) is 11.3 Å². The molecule has 0 aliphatic heterocycles. The predicted octanol–water partition coefficient (Wildman–Crippen LogP) is 5.94. The molecular weight excluding hydrogens is 350 g/mol. The van der Waals surface area contributed by atoms with Gasteiger partial charge in [-0.2, -0.15) is 0 Å². The lowest BCUT2D eigenvalue weighted by Gasteiger charge is -2.11. The molecule has 2 aromatic carbocycles. The normalized spacial score (nSPS) is 11.3. The fourth-order valence-electron chi connectivity index (χ4n) is 2.84. The molecule has 0 atom stereocenters. The van der Waals surface area contributed by atoms with E-state index in [1.807, 2.05) is 13.4 Å². The summed E-state index contributed by atoms with van der Waals surface area (Å²) in [4.78, 5) is 11.6. The highest BCUT2D eigenvalue weighted by Crippen LogP contribution is 2.28. The van der Waals surface area contributed by atoms with E-state index in [-0.39, 0.29) is 0 Å². The van der Waals surface area contributed by atoms with Gasteiger partial charge >= 0.3 is 0 Å². The summed E-state index contributed by atoms with van der Waals surface area (Å²) in [5.74, 6) is 0. The van der Waals surface area contributed by atoms with Crippen LogP contribution in [0.5, 0.6) is 0 Å². The molecule has 0 fully saturated rings. The van der Waals surface area contributed by atoms with Crippen molar-refractivity contribution in [2.75, 3.05) is 13.6 Å². The lowest BCUT2D eigenvalue weighted by atomic mass is 10.0. The van der Waals surface area contributed by atoms with Crippen molar-refractivity contribution in [3.05, 3.63) is 69.0 Å². The van der Waals surface area contributed by atoms with Crippen molar-refractivity contribution in [2.24, 2.45) is 4.99 Å². The van der Waals surface area contributed by atoms with Crippen LogP contribution < -0.4 is 0 Å². The molecule has 3 rings (SSSR count). The highest BCUT2D eigenvalue weighted by Gasteiger charge is 2.09. The van der Waals surface area contributed by atoms with Gasteiger partial charge in [0.2, 0.25) is 0 Å². The molecule has 140 valence electrons. The molecule has 4 heteroatoms. The summed E-state index contributed by atoms with van der Waals surface area (Å²) in [6.07, 6.45) is 2.76. The van der Waals surface area contributed by atoms with E-state index < -0.39 is 0 Å². The topological polar surface area (TPSA) is 28.5 Å². The molecule has 3 nitrogen and oxygen atoms in total. The minimum absolute atomic E-state index is 0.863. The fourth-order valence-corrected chi connectivity index (χ4v) is 3.67. The van der Waals surface area contributed by atoms with Gasteiger partial charge in [0.15, 0.2) is 0 Å². The third-order valence-corrected chi connectivity index (χ3v) is 5.64. The minimum atomic E-state index is 0.863. The number of hydrogen-bond acceptors (Lipinski definition) is 3. The van der Waals surface area contributed by atoms with Crippen LogP contribution >= 0.6 is 11.3 Å². The Morgan fingerprint density at radius 1 is 1.07 bits per heavy atom. The van der Waals surface area contributed by atoms with Gasteiger partial charge in [-0.15, -0.1) is 11.3 Å². The lowest BCUT2D eigenvalue weighted by molar-refractivity contribution is 0.552. The Hall–Kier alpha value is -2.46. The first kappa shape index (κ1) is 19.3. The Labute approximate surface area is 166 Å². The first-order chi connectivity index (χ1) is 13.0. The molecule has 1 heterocycles. The van der Waals surface area contributed by atoms with Crippen LogP contribution in [0, 0.1) is 20.8 Å². The standard InChI is InChI=1S/C23H27N3S/c1-6-26(5)15-24-21-12-17(3)20(11-18(21)4)13-23-25-22(14-27-23)19-9-7-16(2)8-10-19/h7-12,14-15H,6,13H2,1-5H3/b24-15-. The summed E-state index contributed by atoms with van der Waals surface area (Å²) in [6.45, 7) is 9.46. The second-order valence-electron chi connectivity index (χ2n) is 7.05. The first-order valence-electron chi connectivity index (χ1n) is 9.32. The van der Waals surface area contributed by atoms with Crippen LogP contribution in [0.3, 0.4) is 0 Å². The molecule has 0 spiro atoms. The van der Waals surface area contributed by atoms with Crippen LogP contribution in [0.25, 0.3) is 11.3 Å². The Bertz CT molecular complexity index is 939. The van der Waals surface area contributed by atoms with E-state index in [1.165, 1.54) is 27.8 Å². The quantitative estimate of drug-likeness (QED) is 0.393. The molecule has 1 aromatic heterocycles. The van der Waals surface area contributed by atoms with Crippen LogP contribution in [0.4, 0.5) is 5.69 Å². The monoisotopic (exact) mass is 377 g/mol.